The summed E-state index contributed by atoms with van der Waals surface area (Å²) in [5, 5.41) is 1.91. The van der Waals surface area contributed by atoms with Gasteiger partial charge in [0.05, 0.1) is 31.7 Å². The molecule has 0 aliphatic rings. The number of hydrogen-bond acceptors (Lipinski definition) is 7. The van der Waals surface area contributed by atoms with E-state index in [4.69, 9.17) is 13.8 Å². The summed E-state index contributed by atoms with van der Waals surface area (Å²) in [4.78, 5) is 15.6. The molecule has 0 amide bonds. The lowest BCUT2D eigenvalue weighted by atomic mass is 10.6. The molecule has 0 aromatic carbocycles. The van der Waals surface area contributed by atoms with E-state index in [2.05, 4.69) is 4.98 Å². The van der Waals surface area contributed by atoms with E-state index in [0.29, 0.717) is 25.5 Å². The third-order valence-corrected chi connectivity index (χ3v) is 4.89. The van der Waals surface area contributed by atoms with Crippen molar-refractivity contribution >= 4 is 24.9 Å². The number of aromatic nitrogens is 1. The summed E-state index contributed by atoms with van der Waals surface area (Å²) in [5.74, 6) is -0.471. The fourth-order valence-corrected chi connectivity index (χ4v) is 3.82. The van der Waals surface area contributed by atoms with E-state index in [1.807, 2.05) is 0 Å². The van der Waals surface area contributed by atoms with Gasteiger partial charge < -0.3 is 13.8 Å². The molecule has 1 heterocycles. The predicted molar refractivity (Wildman–Crippen MR) is 72.6 cm³/mol. The van der Waals surface area contributed by atoms with Crippen LogP contribution in [0.4, 0.5) is 0 Å². The van der Waals surface area contributed by atoms with Crippen molar-refractivity contribution in [1.82, 2.24) is 4.98 Å². The second kappa shape index (κ2) is 7.75. The third-order valence-electron chi connectivity index (χ3n) is 2.01. The van der Waals surface area contributed by atoms with Crippen LogP contribution >= 0.6 is 18.9 Å². The van der Waals surface area contributed by atoms with Gasteiger partial charge in [-0.15, -0.1) is 11.3 Å². The van der Waals surface area contributed by atoms with Crippen molar-refractivity contribution in [3.63, 3.8) is 0 Å². The molecule has 1 aromatic heterocycles. The zero-order chi connectivity index (χ0) is 14.3. The molecular weight excluding hydrogens is 289 g/mol. The minimum absolute atomic E-state index is 0.0601. The molecule has 6 nitrogen and oxygen atoms in total. The predicted octanol–water partition coefficient (Wildman–Crippen LogP) is 3.09. The minimum Gasteiger partial charge on any atom is -0.461 e. The molecule has 1 aromatic rings. The molecule has 0 fully saturated rings. The summed E-state index contributed by atoms with van der Waals surface area (Å²) in [6.07, 6.45) is 0.0601. The molecule has 0 spiro atoms. The van der Waals surface area contributed by atoms with Crippen LogP contribution in [0.3, 0.4) is 0 Å². The van der Waals surface area contributed by atoms with Crippen LogP contribution in [-0.4, -0.2) is 30.8 Å². The Hall–Kier alpha value is -0.750. The average Bonchev–Trinajstić information content (AvgIpc) is 2.78. The number of thiazole rings is 1. The van der Waals surface area contributed by atoms with Crippen LogP contribution in [0.5, 0.6) is 0 Å². The van der Waals surface area contributed by atoms with Gasteiger partial charge in [-0.05, 0) is 20.8 Å². The molecular formula is C11H18NO5PS. The van der Waals surface area contributed by atoms with E-state index in [1.54, 1.807) is 26.2 Å². The Balaban J connectivity index is 2.75. The van der Waals surface area contributed by atoms with E-state index in [1.165, 1.54) is 0 Å². The summed E-state index contributed by atoms with van der Waals surface area (Å²) >= 11 is 1.16. The molecule has 19 heavy (non-hydrogen) atoms. The van der Waals surface area contributed by atoms with E-state index < -0.39 is 13.6 Å². The Kier molecular flexibility index (Phi) is 6.65. The monoisotopic (exact) mass is 307 g/mol. The molecule has 0 unspecified atom stereocenters. The zero-order valence-corrected chi connectivity index (χ0v) is 13.0. The number of nitrogens with zero attached hydrogens (tertiary/aromatic N) is 1. The van der Waals surface area contributed by atoms with Crippen LogP contribution in [0.2, 0.25) is 0 Å². The number of ether oxygens (including phenoxy) is 1. The Morgan fingerprint density at radius 1 is 1.26 bits per heavy atom. The Morgan fingerprint density at radius 2 is 1.89 bits per heavy atom. The van der Waals surface area contributed by atoms with Crippen LogP contribution in [0.25, 0.3) is 0 Å². The van der Waals surface area contributed by atoms with Gasteiger partial charge in [-0.25, -0.2) is 9.78 Å². The van der Waals surface area contributed by atoms with Crippen LogP contribution < -0.4 is 0 Å². The van der Waals surface area contributed by atoms with Crippen LogP contribution in [0.1, 0.15) is 36.3 Å². The number of rotatable bonds is 8. The lowest BCUT2D eigenvalue weighted by molar-refractivity contribution is 0.0525. The first-order valence-corrected chi connectivity index (χ1v) is 8.65. The fourth-order valence-electron chi connectivity index (χ4n) is 1.39. The Labute approximate surface area is 116 Å². The summed E-state index contributed by atoms with van der Waals surface area (Å²) in [6, 6.07) is 0. The van der Waals surface area contributed by atoms with Gasteiger partial charge in [-0.3, -0.25) is 4.57 Å². The largest absolute Gasteiger partial charge is 0.461 e. The van der Waals surface area contributed by atoms with Crippen molar-refractivity contribution in [2.24, 2.45) is 0 Å². The molecule has 0 atom stereocenters. The highest BCUT2D eigenvalue weighted by Crippen LogP contribution is 2.51. The molecule has 0 saturated heterocycles. The van der Waals surface area contributed by atoms with Gasteiger partial charge in [-0.2, -0.15) is 0 Å². The summed E-state index contributed by atoms with van der Waals surface area (Å²) in [6.45, 7) is 6.11. The highest BCUT2D eigenvalue weighted by atomic mass is 32.1. The first kappa shape index (κ1) is 16.3. The van der Waals surface area contributed by atoms with Crippen molar-refractivity contribution in [2.45, 2.75) is 26.9 Å². The standard InChI is InChI=1S/C11H18NO5PS/c1-4-15-11(13)10-12-9(8-19-10)7-18(14,16-5-2)17-6-3/h8H,4-7H2,1-3H3. The fraction of sp³-hybridized carbons (Fsp3) is 0.636. The highest BCUT2D eigenvalue weighted by molar-refractivity contribution is 7.53. The highest BCUT2D eigenvalue weighted by Gasteiger charge is 2.26. The van der Waals surface area contributed by atoms with Crippen LogP contribution in [0, 0.1) is 0 Å². The van der Waals surface area contributed by atoms with Crippen LogP contribution in [-0.2, 0) is 24.5 Å². The maximum absolute atomic E-state index is 12.3. The van der Waals surface area contributed by atoms with Crippen molar-refractivity contribution in [3.05, 3.63) is 16.1 Å². The summed E-state index contributed by atoms with van der Waals surface area (Å²) < 4.78 is 27.5. The smallest absolute Gasteiger partial charge is 0.367 e. The zero-order valence-electron chi connectivity index (χ0n) is 11.2. The van der Waals surface area contributed by atoms with Gasteiger partial charge >= 0.3 is 13.6 Å². The SMILES string of the molecule is CCOC(=O)c1nc(CP(=O)(OCC)OCC)cs1. The van der Waals surface area contributed by atoms with Gasteiger partial charge in [0.1, 0.15) is 0 Å². The van der Waals surface area contributed by atoms with Gasteiger partial charge in [0, 0.05) is 5.38 Å². The van der Waals surface area contributed by atoms with E-state index in [9.17, 15) is 9.36 Å². The van der Waals surface area contributed by atoms with E-state index >= 15 is 0 Å². The van der Waals surface area contributed by atoms with Gasteiger partial charge in [0.25, 0.3) is 0 Å². The topological polar surface area (TPSA) is 74.7 Å². The van der Waals surface area contributed by atoms with E-state index in [-0.39, 0.29) is 11.2 Å². The molecule has 1 rings (SSSR count). The maximum Gasteiger partial charge on any atom is 0.367 e. The number of hydrogen-bond donors (Lipinski definition) is 0. The van der Waals surface area contributed by atoms with Crippen molar-refractivity contribution in [2.75, 3.05) is 19.8 Å². The second-order valence-electron chi connectivity index (χ2n) is 3.47. The number of carbonyl (C=O) groups is 1. The molecule has 108 valence electrons. The Bertz CT molecular complexity index is 452. The normalized spacial score (nSPS) is 11.5. The number of esters is 1. The second-order valence-corrected chi connectivity index (χ2v) is 6.38. The summed E-state index contributed by atoms with van der Waals surface area (Å²) in [5.41, 5.74) is 0.512. The lowest BCUT2D eigenvalue weighted by Crippen LogP contribution is -2.04. The molecule has 0 N–H and O–H groups in total. The minimum atomic E-state index is -3.18. The number of carbonyl (C=O) groups excluding carboxylic acids is 1. The molecule has 0 saturated carbocycles. The summed E-state index contributed by atoms with van der Waals surface area (Å²) in [7, 11) is -3.18. The average molecular weight is 307 g/mol. The van der Waals surface area contributed by atoms with Gasteiger partial charge in [0.2, 0.25) is 5.01 Å². The first-order valence-electron chi connectivity index (χ1n) is 6.04. The van der Waals surface area contributed by atoms with Gasteiger partial charge in [0.15, 0.2) is 0 Å². The third kappa shape index (κ3) is 5.03. The molecule has 8 heteroatoms. The Morgan fingerprint density at radius 3 is 2.42 bits per heavy atom. The molecule has 0 radical (unpaired) electrons. The lowest BCUT2D eigenvalue weighted by Gasteiger charge is -2.15. The quantitative estimate of drug-likeness (QED) is 0.542. The molecule has 0 aliphatic carbocycles. The molecule has 0 aliphatic heterocycles. The van der Waals surface area contributed by atoms with Crippen molar-refractivity contribution in [3.8, 4) is 0 Å². The van der Waals surface area contributed by atoms with E-state index in [0.717, 1.165) is 11.3 Å². The first-order chi connectivity index (χ1) is 9.04. The van der Waals surface area contributed by atoms with Crippen molar-refractivity contribution in [1.29, 1.82) is 0 Å². The molecule has 0 bridgehead atoms. The van der Waals surface area contributed by atoms with Crippen molar-refractivity contribution < 1.29 is 23.1 Å². The maximum atomic E-state index is 12.3. The van der Waals surface area contributed by atoms with Gasteiger partial charge in [-0.1, -0.05) is 0 Å². The van der Waals surface area contributed by atoms with Crippen LogP contribution in [0.15, 0.2) is 5.38 Å².